The lowest BCUT2D eigenvalue weighted by Gasteiger charge is -2.43. The largest absolute Gasteiger partial charge is 0.469 e. The van der Waals surface area contributed by atoms with Crippen LogP contribution in [0, 0.1) is 5.92 Å². The van der Waals surface area contributed by atoms with Crippen molar-refractivity contribution in [1.29, 1.82) is 0 Å². The fourth-order valence-corrected chi connectivity index (χ4v) is 4.56. The minimum absolute atomic E-state index is 0.00669. The topological polar surface area (TPSA) is 240 Å². The molecule has 3 aliphatic heterocycles. The maximum Gasteiger partial charge on any atom is 0.337 e. The van der Waals surface area contributed by atoms with Gasteiger partial charge in [0.1, 0.15) is 48.8 Å². The van der Waals surface area contributed by atoms with Crippen LogP contribution in [0.2, 0.25) is 0 Å². The Bertz CT molecular complexity index is 936. The second kappa shape index (κ2) is 14.1. The van der Waals surface area contributed by atoms with E-state index in [2.05, 4.69) is 0 Å². The van der Waals surface area contributed by atoms with Crippen molar-refractivity contribution < 1.29 is 78.5 Å². The molecule has 2 fully saturated rings. The van der Waals surface area contributed by atoms with Gasteiger partial charge >= 0.3 is 11.9 Å². The summed E-state index contributed by atoms with van der Waals surface area (Å²) >= 11 is 0. The standard InChI is InChI=1S/C24H36O16/c1-4-9-10(5-14(26)34-2)11(21(33)35-3)7-36-22(9)40-24-20(32)18(30)16(28)13(39-24)8-37-23-19(31)17(29)15(27)12(6-25)38-23/h4,7,10,12-13,15-20,22-25,27-32H,5-6,8H2,1-3H3/b9-4+/t10-,12+,13+,15+,16+,17-,18-,19+,20+,22-,23+,24-/m0/s1. The second-order valence-electron chi connectivity index (χ2n) is 9.34. The van der Waals surface area contributed by atoms with Crippen LogP contribution in [0.5, 0.6) is 0 Å². The molecule has 3 rings (SSSR count). The number of hydrogen-bond donors (Lipinski definition) is 7. The molecule has 0 radical (unpaired) electrons. The number of rotatable bonds is 9. The third-order valence-electron chi connectivity index (χ3n) is 6.92. The Morgan fingerprint density at radius 3 is 2.05 bits per heavy atom. The van der Waals surface area contributed by atoms with Crippen LogP contribution in [0.15, 0.2) is 23.5 Å². The summed E-state index contributed by atoms with van der Waals surface area (Å²) in [5.41, 5.74) is 0.283. The summed E-state index contributed by atoms with van der Waals surface area (Å²) in [4.78, 5) is 24.3. The van der Waals surface area contributed by atoms with Gasteiger partial charge in [0.25, 0.3) is 0 Å². The summed E-state index contributed by atoms with van der Waals surface area (Å²) < 4.78 is 37.0. The molecule has 0 aromatic carbocycles. The molecule has 2 saturated heterocycles. The molecule has 0 amide bonds. The Morgan fingerprint density at radius 2 is 1.48 bits per heavy atom. The summed E-state index contributed by atoms with van der Waals surface area (Å²) in [6.45, 7) is 0.340. The molecule has 0 aliphatic carbocycles. The maximum absolute atomic E-state index is 12.3. The van der Waals surface area contributed by atoms with Crippen molar-refractivity contribution in [2.45, 2.75) is 81.0 Å². The normalized spacial score (nSPS) is 41.1. The molecule has 40 heavy (non-hydrogen) atoms. The molecule has 0 spiro atoms. The van der Waals surface area contributed by atoms with Gasteiger partial charge in [0.05, 0.1) is 45.7 Å². The van der Waals surface area contributed by atoms with Gasteiger partial charge in [-0.15, -0.1) is 0 Å². The molecule has 3 heterocycles. The zero-order valence-corrected chi connectivity index (χ0v) is 22.0. The number of esters is 2. The number of methoxy groups -OCH3 is 2. The molecule has 0 bridgehead atoms. The van der Waals surface area contributed by atoms with Gasteiger partial charge in [-0.05, 0) is 6.92 Å². The van der Waals surface area contributed by atoms with E-state index in [-0.39, 0.29) is 17.6 Å². The van der Waals surface area contributed by atoms with Gasteiger partial charge in [-0.3, -0.25) is 4.79 Å². The summed E-state index contributed by atoms with van der Waals surface area (Å²) in [6, 6.07) is 0. The quantitative estimate of drug-likeness (QED) is 0.102. The number of carbonyl (C=O) groups excluding carboxylic acids is 2. The Labute approximate surface area is 228 Å². The highest BCUT2D eigenvalue weighted by atomic mass is 16.8. The summed E-state index contributed by atoms with van der Waals surface area (Å²) in [5.74, 6) is -2.28. The van der Waals surface area contributed by atoms with E-state index in [0.717, 1.165) is 13.4 Å². The van der Waals surface area contributed by atoms with E-state index in [4.69, 9.17) is 33.2 Å². The van der Waals surface area contributed by atoms with Crippen LogP contribution >= 0.6 is 0 Å². The van der Waals surface area contributed by atoms with Gasteiger partial charge in [0.15, 0.2) is 12.6 Å². The number of ether oxygens (including phenoxy) is 7. The molecule has 0 aromatic rings. The Kier molecular flexibility index (Phi) is 11.4. The predicted octanol–water partition coefficient (Wildman–Crippen LogP) is -3.83. The zero-order chi connectivity index (χ0) is 29.7. The van der Waals surface area contributed by atoms with Gasteiger partial charge in [-0.2, -0.15) is 0 Å². The van der Waals surface area contributed by atoms with E-state index in [1.54, 1.807) is 6.92 Å². The molecule has 16 heteroatoms. The van der Waals surface area contributed by atoms with Crippen molar-refractivity contribution in [2.75, 3.05) is 27.4 Å². The zero-order valence-electron chi connectivity index (χ0n) is 22.0. The number of aliphatic hydroxyl groups excluding tert-OH is 7. The second-order valence-corrected chi connectivity index (χ2v) is 9.34. The molecular weight excluding hydrogens is 544 g/mol. The average molecular weight is 581 g/mol. The van der Waals surface area contributed by atoms with Crippen LogP contribution < -0.4 is 0 Å². The number of allylic oxidation sites excluding steroid dienone is 1. The first-order chi connectivity index (χ1) is 19.0. The molecule has 3 aliphatic rings. The van der Waals surface area contributed by atoms with E-state index in [1.807, 2.05) is 0 Å². The fraction of sp³-hybridized carbons (Fsp3) is 0.750. The van der Waals surface area contributed by atoms with Crippen molar-refractivity contribution >= 4 is 11.9 Å². The van der Waals surface area contributed by atoms with Crippen LogP contribution in [0.25, 0.3) is 0 Å². The van der Waals surface area contributed by atoms with Gasteiger partial charge in [0.2, 0.25) is 6.29 Å². The van der Waals surface area contributed by atoms with Crippen molar-refractivity contribution in [1.82, 2.24) is 0 Å². The van der Waals surface area contributed by atoms with Crippen molar-refractivity contribution in [3.63, 3.8) is 0 Å². The monoisotopic (exact) mass is 580 g/mol. The highest BCUT2D eigenvalue weighted by molar-refractivity contribution is 5.90. The first-order valence-corrected chi connectivity index (χ1v) is 12.4. The van der Waals surface area contributed by atoms with E-state index in [1.165, 1.54) is 13.2 Å². The van der Waals surface area contributed by atoms with Crippen molar-refractivity contribution in [3.05, 3.63) is 23.5 Å². The average Bonchev–Trinajstić information content (AvgIpc) is 2.96. The molecule has 16 nitrogen and oxygen atoms in total. The van der Waals surface area contributed by atoms with Crippen LogP contribution in [0.4, 0.5) is 0 Å². The molecule has 0 saturated carbocycles. The molecular formula is C24H36O16. The lowest BCUT2D eigenvalue weighted by atomic mass is 9.86. The third kappa shape index (κ3) is 6.80. The molecule has 12 atom stereocenters. The van der Waals surface area contributed by atoms with E-state index >= 15 is 0 Å². The Balaban J connectivity index is 1.74. The fourth-order valence-electron chi connectivity index (χ4n) is 4.56. The van der Waals surface area contributed by atoms with Crippen LogP contribution in [0.3, 0.4) is 0 Å². The van der Waals surface area contributed by atoms with Gasteiger partial charge in [-0.1, -0.05) is 6.08 Å². The first-order valence-electron chi connectivity index (χ1n) is 12.4. The van der Waals surface area contributed by atoms with E-state index < -0.39 is 98.8 Å². The SMILES string of the molecule is C/C=C1/[C@H](O[C@@H]2O[C@H](CO[C@@H]3O[C@H](CO)[C@@H](O)[C@H](O)[C@H]3O)[C@@H](O)[C@H](O)[C@H]2O)OC=C(C(=O)OC)[C@H]1CC(=O)OC. The molecule has 0 aromatic heterocycles. The van der Waals surface area contributed by atoms with Crippen LogP contribution in [-0.4, -0.2) is 143 Å². The third-order valence-corrected chi connectivity index (χ3v) is 6.92. The lowest BCUT2D eigenvalue weighted by Crippen LogP contribution is -2.62. The smallest absolute Gasteiger partial charge is 0.337 e. The Hall–Kier alpha value is -2.22. The highest BCUT2D eigenvalue weighted by Crippen LogP contribution is 2.36. The lowest BCUT2D eigenvalue weighted by molar-refractivity contribution is -0.344. The Morgan fingerprint density at radius 1 is 0.875 bits per heavy atom. The van der Waals surface area contributed by atoms with Gasteiger partial charge < -0.3 is 68.9 Å². The van der Waals surface area contributed by atoms with Gasteiger partial charge in [-0.25, -0.2) is 4.79 Å². The predicted molar refractivity (Wildman–Crippen MR) is 126 cm³/mol. The van der Waals surface area contributed by atoms with Crippen LogP contribution in [-0.2, 0) is 42.7 Å². The van der Waals surface area contributed by atoms with E-state index in [0.29, 0.717) is 0 Å². The minimum atomic E-state index is -1.80. The number of aliphatic hydroxyl groups is 7. The summed E-state index contributed by atoms with van der Waals surface area (Å²) in [7, 11) is 2.33. The van der Waals surface area contributed by atoms with E-state index in [9.17, 15) is 45.3 Å². The highest BCUT2D eigenvalue weighted by Gasteiger charge is 2.49. The number of hydrogen-bond acceptors (Lipinski definition) is 16. The summed E-state index contributed by atoms with van der Waals surface area (Å²) in [6.07, 6.45) is -15.2. The van der Waals surface area contributed by atoms with Crippen molar-refractivity contribution in [2.24, 2.45) is 5.92 Å². The summed E-state index contributed by atoms with van der Waals surface area (Å²) in [5, 5.41) is 70.8. The minimum Gasteiger partial charge on any atom is -0.469 e. The first kappa shape index (κ1) is 32.3. The van der Waals surface area contributed by atoms with Crippen LogP contribution in [0.1, 0.15) is 13.3 Å². The molecule has 7 N–H and O–H groups in total. The maximum atomic E-state index is 12.3. The van der Waals surface area contributed by atoms with Gasteiger partial charge in [0, 0.05) is 11.5 Å². The molecule has 0 unspecified atom stereocenters. The molecule has 228 valence electrons. The number of carbonyl (C=O) groups is 2. The van der Waals surface area contributed by atoms with Crippen molar-refractivity contribution in [3.8, 4) is 0 Å².